The predicted octanol–water partition coefficient (Wildman–Crippen LogP) is 2.61. The first-order valence-electron chi connectivity index (χ1n) is 8.59. The van der Waals surface area contributed by atoms with Crippen molar-refractivity contribution in [2.24, 2.45) is 0 Å². The van der Waals surface area contributed by atoms with Gasteiger partial charge in [0.1, 0.15) is 12.8 Å². The van der Waals surface area contributed by atoms with Gasteiger partial charge in [0.15, 0.2) is 5.82 Å². The maximum Gasteiger partial charge on any atom is 0.254 e. The Hall–Kier alpha value is -2.19. The minimum absolute atomic E-state index is 0.0357. The molecule has 1 aliphatic rings. The van der Waals surface area contributed by atoms with Crippen LogP contribution in [0, 0.1) is 0 Å². The molecule has 1 saturated heterocycles. The highest BCUT2D eigenvalue weighted by Crippen LogP contribution is 2.14. The van der Waals surface area contributed by atoms with Gasteiger partial charge in [0.05, 0.1) is 0 Å². The summed E-state index contributed by atoms with van der Waals surface area (Å²) in [6.45, 7) is 3.31. The molecular formula is C18H21BrN4O3. The molecule has 0 saturated carbocycles. The molecule has 1 fully saturated rings. The van der Waals surface area contributed by atoms with E-state index < -0.39 is 0 Å². The van der Waals surface area contributed by atoms with Gasteiger partial charge in [-0.3, -0.25) is 9.59 Å². The zero-order valence-corrected chi connectivity index (χ0v) is 15.9. The predicted molar refractivity (Wildman–Crippen MR) is 101 cm³/mol. The van der Waals surface area contributed by atoms with Crippen molar-refractivity contribution in [2.75, 3.05) is 38.0 Å². The summed E-state index contributed by atoms with van der Waals surface area (Å²) in [4.78, 5) is 29.1. The Bertz CT molecular complexity index is 745. The Kier molecular flexibility index (Phi) is 6.40. The fourth-order valence-electron chi connectivity index (χ4n) is 2.96. The van der Waals surface area contributed by atoms with E-state index >= 15 is 0 Å². The number of halogens is 1. The smallest absolute Gasteiger partial charge is 0.254 e. The average molecular weight is 421 g/mol. The minimum Gasteiger partial charge on any atom is -0.363 e. The highest BCUT2D eigenvalue weighted by Gasteiger charge is 2.21. The first kappa shape index (κ1) is 18.6. The maximum atomic E-state index is 12.9. The molecule has 0 radical (unpaired) electrons. The second-order valence-electron chi connectivity index (χ2n) is 6.22. The zero-order chi connectivity index (χ0) is 18.4. The number of hydrogen-bond acceptors (Lipinski definition) is 5. The Morgan fingerprint density at radius 3 is 2.77 bits per heavy atom. The number of carbonyl (C=O) groups excluding carboxylic acids is 2. The maximum absolute atomic E-state index is 12.9. The summed E-state index contributed by atoms with van der Waals surface area (Å²) in [7, 11) is 0. The largest absolute Gasteiger partial charge is 0.363 e. The van der Waals surface area contributed by atoms with Gasteiger partial charge in [-0.05, 0) is 44.1 Å². The van der Waals surface area contributed by atoms with Gasteiger partial charge in [-0.25, -0.2) is 0 Å². The van der Waals surface area contributed by atoms with Crippen molar-refractivity contribution in [1.29, 1.82) is 0 Å². The van der Waals surface area contributed by atoms with Crippen molar-refractivity contribution in [3.8, 4) is 0 Å². The molecule has 1 N–H and O–H groups in total. The number of aromatic nitrogens is 1. The van der Waals surface area contributed by atoms with E-state index in [4.69, 9.17) is 4.52 Å². The lowest BCUT2D eigenvalue weighted by Crippen LogP contribution is -2.42. The van der Waals surface area contributed by atoms with Crippen LogP contribution >= 0.6 is 15.9 Å². The van der Waals surface area contributed by atoms with Gasteiger partial charge in [-0.2, -0.15) is 0 Å². The molecule has 26 heavy (non-hydrogen) atoms. The fourth-order valence-corrected chi connectivity index (χ4v) is 3.36. The molecule has 3 rings (SSSR count). The van der Waals surface area contributed by atoms with Crippen LogP contribution in [0.2, 0.25) is 0 Å². The Morgan fingerprint density at radius 1 is 1.27 bits per heavy atom. The molecule has 0 aliphatic carbocycles. The van der Waals surface area contributed by atoms with E-state index in [1.54, 1.807) is 23.1 Å². The topological polar surface area (TPSA) is 78.7 Å². The van der Waals surface area contributed by atoms with Gasteiger partial charge < -0.3 is 19.6 Å². The van der Waals surface area contributed by atoms with Crippen LogP contribution in [0.3, 0.4) is 0 Å². The van der Waals surface area contributed by atoms with E-state index in [1.807, 2.05) is 12.1 Å². The minimum atomic E-state index is -0.302. The number of hydrogen-bond donors (Lipinski definition) is 1. The molecular weight excluding hydrogens is 400 g/mol. The molecule has 7 nitrogen and oxygen atoms in total. The lowest BCUT2D eigenvalue weighted by molar-refractivity contribution is -0.117. The number of nitrogens with one attached hydrogen (secondary N) is 1. The molecule has 0 atom stereocenters. The van der Waals surface area contributed by atoms with Crippen molar-refractivity contribution < 1.29 is 14.1 Å². The van der Waals surface area contributed by atoms with Crippen LogP contribution in [0.15, 0.2) is 45.6 Å². The molecule has 8 heteroatoms. The molecule has 2 amide bonds. The van der Waals surface area contributed by atoms with Crippen LogP contribution in [-0.4, -0.2) is 59.5 Å². The van der Waals surface area contributed by atoms with E-state index in [-0.39, 0.29) is 18.4 Å². The third-order valence-electron chi connectivity index (χ3n) is 4.28. The number of anilines is 1. The number of amides is 2. The van der Waals surface area contributed by atoms with Crippen LogP contribution in [-0.2, 0) is 4.79 Å². The lowest BCUT2D eigenvalue weighted by Gasteiger charge is -2.25. The number of benzene rings is 1. The highest BCUT2D eigenvalue weighted by atomic mass is 79.9. The summed E-state index contributed by atoms with van der Waals surface area (Å²) < 4.78 is 5.54. The number of nitrogens with zero attached hydrogens (tertiary/aromatic N) is 3. The van der Waals surface area contributed by atoms with Crippen molar-refractivity contribution >= 4 is 33.6 Å². The molecule has 138 valence electrons. The summed E-state index contributed by atoms with van der Waals surface area (Å²) in [6, 6.07) is 8.75. The average Bonchev–Trinajstić information content (AvgIpc) is 3.31. The van der Waals surface area contributed by atoms with Gasteiger partial charge in [0.25, 0.3) is 5.91 Å². The van der Waals surface area contributed by atoms with E-state index in [1.165, 1.54) is 19.1 Å². The van der Waals surface area contributed by atoms with Crippen LogP contribution in [0.1, 0.15) is 23.2 Å². The van der Waals surface area contributed by atoms with E-state index in [9.17, 15) is 9.59 Å². The van der Waals surface area contributed by atoms with Gasteiger partial charge in [-0.15, -0.1) is 0 Å². The van der Waals surface area contributed by atoms with E-state index in [0.29, 0.717) is 17.9 Å². The second-order valence-corrected chi connectivity index (χ2v) is 7.13. The van der Waals surface area contributed by atoms with Gasteiger partial charge in [-0.1, -0.05) is 27.2 Å². The molecule has 1 aromatic heterocycles. The summed E-state index contributed by atoms with van der Waals surface area (Å²) in [6.07, 6.45) is 3.76. The normalized spacial score (nSPS) is 14.3. The third-order valence-corrected chi connectivity index (χ3v) is 4.78. The quantitative estimate of drug-likeness (QED) is 0.744. The first-order chi connectivity index (χ1) is 12.6. The van der Waals surface area contributed by atoms with E-state index in [0.717, 1.165) is 24.1 Å². The third kappa shape index (κ3) is 5.15. The molecule has 0 unspecified atom stereocenters. The van der Waals surface area contributed by atoms with Crippen LogP contribution in [0.25, 0.3) is 0 Å². The number of carbonyl (C=O) groups is 2. The lowest BCUT2D eigenvalue weighted by atomic mass is 10.2. The van der Waals surface area contributed by atoms with Crippen LogP contribution in [0.5, 0.6) is 0 Å². The van der Waals surface area contributed by atoms with Crippen molar-refractivity contribution in [1.82, 2.24) is 15.0 Å². The number of likely N-dealkylation sites (tertiary alicyclic amines) is 1. The van der Waals surface area contributed by atoms with Crippen molar-refractivity contribution in [3.05, 3.63) is 46.6 Å². The Balaban J connectivity index is 1.67. The molecule has 2 heterocycles. The van der Waals surface area contributed by atoms with Crippen LogP contribution in [0.4, 0.5) is 5.82 Å². The molecule has 2 aromatic rings. The summed E-state index contributed by atoms with van der Waals surface area (Å²) in [5, 5.41) is 6.30. The molecule has 1 aromatic carbocycles. The highest BCUT2D eigenvalue weighted by molar-refractivity contribution is 9.10. The zero-order valence-electron chi connectivity index (χ0n) is 14.4. The van der Waals surface area contributed by atoms with Crippen molar-refractivity contribution in [3.63, 3.8) is 0 Å². The first-order valence-corrected chi connectivity index (χ1v) is 9.38. The number of rotatable bonds is 7. The SMILES string of the molecule is O=C(CN(CCN1CCCC1)C(=O)c1cccc(Br)c1)Nc1ccon1. The summed E-state index contributed by atoms with van der Waals surface area (Å²) in [5.74, 6) is -0.131. The summed E-state index contributed by atoms with van der Waals surface area (Å²) >= 11 is 3.39. The van der Waals surface area contributed by atoms with E-state index in [2.05, 4.69) is 31.3 Å². The van der Waals surface area contributed by atoms with Gasteiger partial charge in [0.2, 0.25) is 5.91 Å². The van der Waals surface area contributed by atoms with Gasteiger partial charge >= 0.3 is 0 Å². The monoisotopic (exact) mass is 420 g/mol. The molecule has 1 aliphatic heterocycles. The fraction of sp³-hybridized carbons (Fsp3) is 0.389. The molecule has 0 spiro atoms. The summed E-state index contributed by atoms with van der Waals surface area (Å²) in [5.41, 5.74) is 0.551. The molecule has 0 bridgehead atoms. The second kappa shape index (κ2) is 8.95. The van der Waals surface area contributed by atoms with Crippen molar-refractivity contribution in [2.45, 2.75) is 12.8 Å². The van der Waals surface area contributed by atoms with Gasteiger partial charge in [0, 0.05) is 29.2 Å². The Labute approximate surface area is 160 Å². The van der Waals surface area contributed by atoms with Crippen LogP contribution < -0.4 is 5.32 Å². The standard InChI is InChI=1S/C18H21BrN4O3/c19-15-5-3-4-14(12-15)18(25)23(10-9-22-7-1-2-8-22)13-17(24)20-16-6-11-26-21-16/h3-6,11-12H,1-2,7-10,13H2,(H,20,21,24). The Morgan fingerprint density at radius 2 is 2.08 bits per heavy atom.